The van der Waals surface area contributed by atoms with E-state index >= 15 is 0 Å². The molecule has 0 aromatic heterocycles. The maximum Gasteiger partial charge on any atom is 0.0459 e. The van der Waals surface area contributed by atoms with Crippen LogP contribution in [0.3, 0.4) is 0 Å². The van der Waals surface area contributed by atoms with Crippen LogP contribution in [0.1, 0.15) is 25.0 Å². The third kappa shape index (κ3) is 5.49. The molecule has 0 heterocycles. The van der Waals surface area contributed by atoms with Crippen molar-refractivity contribution in [2.24, 2.45) is 0 Å². The van der Waals surface area contributed by atoms with E-state index in [0.29, 0.717) is 0 Å². The van der Waals surface area contributed by atoms with Gasteiger partial charge in [-0.25, -0.2) is 0 Å². The van der Waals surface area contributed by atoms with Crippen molar-refractivity contribution < 1.29 is 0 Å². The lowest BCUT2D eigenvalue weighted by Gasteiger charge is -2.36. The van der Waals surface area contributed by atoms with E-state index in [-0.39, 0.29) is 5.41 Å². The Hall–Kier alpha value is -6.70. The van der Waals surface area contributed by atoms with E-state index in [1.807, 2.05) is 0 Å². The van der Waals surface area contributed by atoms with Crippen LogP contribution in [-0.4, -0.2) is 0 Å². The lowest BCUT2D eigenvalue weighted by atomic mass is 9.81. The molecule has 1 heteroatoms. The van der Waals surface area contributed by atoms with Crippen molar-refractivity contribution in [2.75, 3.05) is 4.90 Å². The summed E-state index contributed by atoms with van der Waals surface area (Å²) in [4.78, 5) is 2.46. The highest BCUT2D eigenvalue weighted by molar-refractivity contribution is 5.95. The largest absolute Gasteiger partial charge is 0.313 e. The Morgan fingerprint density at radius 2 is 0.741 bits per heavy atom. The lowest BCUT2D eigenvalue weighted by molar-refractivity contribution is 0.632. The number of allylic oxidation sites excluding steroid dienone is 1. The maximum absolute atomic E-state index is 2.46. The van der Waals surface area contributed by atoms with Crippen molar-refractivity contribution >= 4 is 49.8 Å². The molecule has 0 radical (unpaired) electrons. The Labute approximate surface area is 317 Å². The first-order valence-electron chi connectivity index (χ1n) is 18.8. The molecule has 54 heavy (non-hydrogen) atoms. The molecule has 9 aromatic rings. The molecule has 256 valence electrons. The SMILES string of the molecule is CC1(C)C(N(c2ccc(-c3ccc(-c4ccc5ccccc5c4)cc3)cc2)c2ccc(-c3ccc4ccccc4c3)cc2)=Cc2ccc3ccccc3c21. The Bertz CT molecular complexity index is 2880. The summed E-state index contributed by atoms with van der Waals surface area (Å²) >= 11 is 0. The molecule has 0 spiro atoms. The van der Waals surface area contributed by atoms with Crippen molar-refractivity contribution in [1.29, 1.82) is 0 Å². The quantitative estimate of drug-likeness (QED) is 0.168. The fourth-order valence-corrected chi connectivity index (χ4v) is 8.53. The van der Waals surface area contributed by atoms with Gasteiger partial charge in [0.2, 0.25) is 0 Å². The summed E-state index contributed by atoms with van der Waals surface area (Å²) in [6, 6.07) is 71.0. The molecule has 1 aliphatic rings. The standard InChI is InChI=1S/C53H39N/c1-53(2)51(35-47-24-21-42-11-7-8-14-50(42)52(47)53)54(49-31-27-41(28-32-49)46-23-20-37-10-4-6-13-44(37)34-46)48-29-25-39(26-30-48)38-15-17-40(18-16-38)45-22-19-36-9-3-5-12-43(36)33-45/h3-35H,1-2H3. The third-order valence-electron chi connectivity index (χ3n) is 11.4. The molecular weight excluding hydrogens is 651 g/mol. The minimum atomic E-state index is -0.232. The van der Waals surface area contributed by atoms with Gasteiger partial charge in [0.05, 0.1) is 0 Å². The molecule has 0 saturated heterocycles. The molecule has 0 bridgehead atoms. The predicted octanol–water partition coefficient (Wildman–Crippen LogP) is 14.6. The maximum atomic E-state index is 2.46. The molecule has 10 rings (SSSR count). The molecule has 0 atom stereocenters. The number of hydrogen-bond acceptors (Lipinski definition) is 1. The number of fused-ring (bicyclic) bond motifs is 5. The van der Waals surface area contributed by atoms with Crippen LogP contribution >= 0.6 is 0 Å². The fourth-order valence-electron chi connectivity index (χ4n) is 8.53. The molecule has 0 fully saturated rings. The van der Waals surface area contributed by atoms with Gasteiger partial charge >= 0.3 is 0 Å². The Kier molecular flexibility index (Phi) is 7.56. The van der Waals surface area contributed by atoms with Crippen molar-refractivity contribution in [3.63, 3.8) is 0 Å². The van der Waals surface area contributed by atoms with E-state index in [1.165, 1.54) is 82.5 Å². The second-order valence-corrected chi connectivity index (χ2v) is 15.0. The first-order chi connectivity index (χ1) is 26.5. The zero-order valence-electron chi connectivity index (χ0n) is 30.5. The zero-order chi connectivity index (χ0) is 36.2. The van der Waals surface area contributed by atoms with E-state index in [0.717, 1.165) is 11.4 Å². The van der Waals surface area contributed by atoms with Crippen molar-refractivity contribution in [3.8, 4) is 33.4 Å². The third-order valence-corrected chi connectivity index (χ3v) is 11.4. The molecule has 0 N–H and O–H groups in total. The van der Waals surface area contributed by atoms with E-state index in [9.17, 15) is 0 Å². The van der Waals surface area contributed by atoms with Gasteiger partial charge in [0, 0.05) is 22.5 Å². The number of rotatable bonds is 6. The van der Waals surface area contributed by atoms with Gasteiger partial charge in [-0.1, -0.05) is 172 Å². The van der Waals surface area contributed by atoms with Gasteiger partial charge in [0.15, 0.2) is 0 Å². The zero-order valence-corrected chi connectivity index (χ0v) is 30.5. The van der Waals surface area contributed by atoms with Crippen LogP contribution in [0.4, 0.5) is 11.4 Å². The monoisotopic (exact) mass is 689 g/mol. The lowest BCUT2D eigenvalue weighted by Crippen LogP contribution is -2.29. The normalized spacial score (nSPS) is 13.3. The summed E-state index contributed by atoms with van der Waals surface area (Å²) < 4.78 is 0. The van der Waals surface area contributed by atoms with Crippen molar-refractivity contribution in [2.45, 2.75) is 19.3 Å². The molecule has 0 amide bonds. The number of hydrogen-bond donors (Lipinski definition) is 0. The minimum absolute atomic E-state index is 0.232. The number of benzene rings is 9. The average Bonchev–Trinajstić information content (AvgIpc) is 3.50. The van der Waals surface area contributed by atoms with Gasteiger partial charge in [-0.05, 0) is 119 Å². The fraction of sp³-hybridized carbons (Fsp3) is 0.0566. The Balaban J connectivity index is 1.02. The molecule has 1 nitrogen and oxygen atoms in total. The van der Waals surface area contributed by atoms with Crippen LogP contribution in [0, 0.1) is 0 Å². The van der Waals surface area contributed by atoms with Gasteiger partial charge in [-0.15, -0.1) is 0 Å². The molecule has 1 aliphatic carbocycles. The topological polar surface area (TPSA) is 3.24 Å². The molecule has 0 aliphatic heterocycles. The van der Waals surface area contributed by atoms with Gasteiger partial charge in [-0.2, -0.15) is 0 Å². The van der Waals surface area contributed by atoms with Crippen molar-refractivity contribution in [1.82, 2.24) is 0 Å². The highest BCUT2D eigenvalue weighted by atomic mass is 15.2. The van der Waals surface area contributed by atoms with Crippen LogP contribution < -0.4 is 4.90 Å². The van der Waals surface area contributed by atoms with E-state index in [4.69, 9.17) is 0 Å². The predicted molar refractivity (Wildman–Crippen MR) is 231 cm³/mol. The van der Waals surface area contributed by atoms with Crippen LogP contribution in [0.15, 0.2) is 200 Å². The summed E-state index contributed by atoms with van der Waals surface area (Å²) in [6.07, 6.45) is 2.40. The van der Waals surface area contributed by atoms with Crippen LogP contribution in [0.2, 0.25) is 0 Å². The molecular formula is C53H39N. The molecule has 0 unspecified atom stereocenters. The van der Waals surface area contributed by atoms with Gasteiger partial charge in [0.25, 0.3) is 0 Å². The summed E-state index contributed by atoms with van der Waals surface area (Å²) in [7, 11) is 0. The summed E-state index contributed by atoms with van der Waals surface area (Å²) in [5.41, 5.74) is 13.3. The summed E-state index contributed by atoms with van der Waals surface area (Å²) in [6.45, 7) is 4.75. The Morgan fingerprint density at radius 1 is 0.352 bits per heavy atom. The average molecular weight is 690 g/mol. The summed E-state index contributed by atoms with van der Waals surface area (Å²) in [5, 5.41) is 7.64. The molecule has 9 aromatic carbocycles. The summed E-state index contributed by atoms with van der Waals surface area (Å²) in [5.74, 6) is 0. The van der Waals surface area contributed by atoms with E-state index in [1.54, 1.807) is 0 Å². The van der Waals surface area contributed by atoms with Crippen molar-refractivity contribution in [3.05, 3.63) is 211 Å². The second kappa shape index (κ2) is 12.8. The van der Waals surface area contributed by atoms with E-state index < -0.39 is 0 Å². The highest BCUT2D eigenvalue weighted by Crippen LogP contribution is 2.50. The smallest absolute Gasteiger partial charge is 0.0459 e. The highest BCUT2D eigenvalue weighted by Gasteiger charge is 2.38. The first-order valence-corrected chi connectivity index (χ1v) is 18.8. The van der Waals surface area contributed by atoms with E-state index in [2.05, 4.69) is 219 Å². The minimum Gasteiger partial charge on any atom is -0.313 e. The molecule has 0 saturated carbocycles. The van der Waals surface area contributed by atoms with Crippen LogP contribution in [0.25, 0.3) is 71.8 Å². The number of anilines is 2. The second-order valence-electron chi connectivity index (χ2n) is 15.0. The van der Waals surface area contributed by atoms with Gasteiger partial charge in [-0.3, -0.25) is 0 Å². The van der Waals surface area contributed by atoms with Gasteiger partial charge < -0.3 is 4.90 Å². The number of nitrogens with zero attached hydrogens (tertiary/aromatic N) is 1. The Morgan fingerprint density at radius 3 is 1.26 bits per heavy atom. The van der Waals surface area contributed by atoms with Crippen LogP contribution in [-0.2, 0) is 5.41 Å². The van der Waals surface area contributed by atoms with Gasteiger partial charge in [0.1, 0.15) is 0 Å². The van der Waals surface area contributed by atoms with Crippen LogP contribution in [0.5, 0.6) is 0 Å². The first kappa shape index (κ1) is 32.0.